The molecule has 1 aliphatic rings. The molecule has 1 unspecified atom stereocenters. The molecule has 0 aromatic heterocycles. The third-order valence-electron chi connectivity index (χ3n) is 3.12. The van der Waals surface area contributed by atoms with Gasteiger partial charge in [0.2, 0.25) is 5.91 Å². The molecule has 0 heterocycles. The van der Waals surface area contributed by atoms with Crippen LogP contribution in [0.5, 0.6) is 0 Å². The van der Waals surface area contributed by atoms with E-state index in [0.717, 1.165) is 11.3 Å². The van der Waals surface area contributed by atoms with E-state index in [4.69, 9.17) is 11.6 Å². The van der Waals surface area contributed by atoms with E-state index in [2.05, 4.69) is 5.32 Å². The van der Waals surface area contributed by atoms with Gasteiger partial charge in [-0.2, -0.15) is 0 Å². The lowest BCUT2D eigenvalue weighted by atomic mass is 10.1. The molecule has 2 nitrogen and oxygen atoms in total. The largest absolute Gasteiger partial charge is 0.326 e. The highest BCUT2D eigenvalue weighted by Gasteiger charge is 2.32. The Morgan fingerprint density at radius 1 is 1.44 bits per heavy atom. The van der Waals surface area contributed by atoms with Gasteiger partial charge in [-0.3, -0.25) is 4.79 Å². The minimum atomic E-state index is 0.126. The Kier molecular flexibility index (Phi) is 3.49. The number of rotatable bonds is 4. The fourth-order valence-corrected chi connectivity index (χ4v) is 1.92. The van der Waals surface area contributed by atoms with Gasteiger partial charge in [0, 0.05) is 17.5 Å². The number of amides is 1. The summed E-state index contributed by atoms with van der Waals surface area (Å²) in [6, 6.07) is 7.67. The number of hydrogen-bond donors (Lipinski definition) is 1. The van der Waals surface area contributed by atoms with Gasteiger partial charge in [0.05, 0.1) is 0 Å². The van der Waals surface area contributed by atoms with E-state index in [-0.39, 0.29) is 11.8 Å². The van der Waals surface area contributed by atoms with Crippen LogP contribution in [0.25, 0.3) is 0 Å². The molecule has 1 aliphatic carbocycles. The molecule has 86 valence electrons. The second kappa shape index (κ2) is 4.88. The van der Waals surface area contributed by atoms with Crippen molar-refractivity contribution in [3.63, 3.8) is 0 Å². The normalized spacial score (nSPS) is 16.9. The van der Waals surface area contributed by atoms with Crippen LogP contribution in [-0.4, -0.2) is 5.91 Å². The molecule has 1 saturated carbocycles. The molecule has 3 heteroatoms. The summed E-state index contributed by atoms with van der Waals surface area (Å²) >= 11 is 5.70. The summed E-state index contributed by atoms with van der Waals surface area (Å²) in [4.78, 5) is 11.8. The molecule has 1 aromatic carbocycles. The molecule has 1 aromatic rings. The van der Waals surface area contributed by atoms with Crippen molar-refractivity contribution in [1.29, 1.82) is 0 Å². The maximum absolute atomic E-state index is 11.8. The lowest BCUT2D eigenvalue weighted by Gasteiger charge is -2.11. The minimum Gasteiger partial charge on any atom is -0.326 e. The summed E-state index contributed by atoms with van der Waals surface area (Å²) in [6.07, 6.45) is 2.39. The first kappa shape index (κ1) is 11.5. The van der Waals surface area contributed by atoms with Gasteiger partial charge in [-0.05, 0) is 36.5 Å². The molecule has 0 spiro atoms. The molecular weight excluding hydrogens is 222 g/mol. The van der Waals surface area contributed by atoms with E-state index >= 15 is 0 Å². The van der Waals surface area contributed by atoms with Crippen LogP contribution in [0.2, 0.25) is 0 Å². The fraction of sp³-hybridized carbons (Fsp3) is 0.462. The van der Waals surface area contributed by atoms with Crippen molar-refractivity contribution in [1.82, 2.24) is 0 Å². The molecule has 0 bridgehead atoms. The average molecular weight is 238 g/mol. The summed E-state index contributed by atoms with van der Waals surface area (Å²) in [5.41, 5.74) is 1.92. The molecule has 2 rings (SSSR count). The Bertz CT molecular complexity index is 370. The minimum absolute atomic E-state index is 0.126. The van der Waals surface area contributed by atoms with Gasteiger partial charge < -0.3 is 5.32 Å². The van der Waals surface area contributed by atoms with E-state index in [1.54, 1.807) is 0 Å². The average Bonchev–Trinajstić information content (AvgIpc) is 3.13. The van der Waals surface area contributed by atoms with Crippen molar-refractivity contribution in [2.45, 2.75) is 25.6 Å². The third kappa shape index (κ3) is 2.76. The molecule has 0 radical (unpaired) electrons. The highest BCUT2D eigenvalue weighted by molar-refractivity contribution is 6.17. The maximum Gasteiger partial charge on any atom is 0.227 e. The van der Waals surface area contributed by atoms with Crippen LogP contribution in [0.4, 0.5) is 5.69 Å². The number of alkyl halides is 1. The summed E-state index contributed by atoms with van der Waals surface area (Å²) < 4.78 is 0. The number of hydrogen-bond acceptors (Lipinski definition) is 1. The Morgan fingerprint density at radius 2 is 2.06 bits per heavy atom. The predicted molar refractivity (Wildman–Crippen MR) is 66.5 cm³/mol. The van der Waals surface area contributed by atoms with Gasteiger partial charge in [-0.1, -0.05) is 19.1 Å². The molecule has 0 saturated heterocycles. The molecule has 0 aliphatic heterocycles. The molecular formula is C13H16ClNO. The van der Waals surface area contributed by atoms with Crippen molar-refractivity contribution in [3.05, 3.63) is 29.8 Å². The van der Waals surface area contributed by atoms with E-state index < -0.39 is 0 Å². The SMILES string of the molecule is CC(C(=O)Nc1ccc(CCl)cc1)C1CC1. The number of carbonyl (C=O) groups is 1. The van der Waals surface area contributed by atoms with Crippen LogP contribution in [0, 0.1) is 11.8 Å². The summed E-state index contributed by atoms with van der Waals surface area (Å²) in [6.45, 7) is 2.00. The zero-order valence-electron chi connectivity index (χ0n) is 9.37. The fourth-order valence-electron chi connectivity index (χ4n) is 1.74. The number of carbonyl (C=O) groups excluding carboxylic acids is 1. The van der Waals surface area contributed by atoms with Gasteiger partial charge in [-0.15, -0.1) is 11.6 Å². The van der Waals surface area contributed by atoms with Gasteiger partial charge >= 0.3 is 0 Å². The lowest BCUT2D eigenvalue weighted by molar-refractivity contribution is -0.119. The number of benzene rings is 1. The highest BCUT2D eigenvalue weighted by atomic mass is 35.5. The van der Waals surface area contributed by atoms with Gasteiger partial charge in [0.15, 0.2) is 0 Å². The Morgan fingerprint density at radius 3 is 2.56 bits per heavy atom. The van der Waals surface area contributed by atoms with Gasteiger partial charge in [0.1, 0.15) is 0 Å². The van der Waals surface area contributed by atoms with Crippen LogP contribution < -0.4 is 5.32 Å². The second-order valence-corrected chi connectivity index (χ2v) is 4.71. The predicted octanol–water partition coefficient (Wildman–Crippen LogP) is 3.41. The lowest BCUT2D eigenvalue weighted by Crippen LogP contribution is -2.21. The van der Waals surface area contributed by atoms with Crippen molar-refractivity contribution < 1.29 is 4.79 Å². The van der Waals surface area contributed by atoms with Crippen molar-refractivity contribution in [3.8, 4) is 0 Å². The first-order valence-electron chi connectivity index (χ1n) is 5.66. The molecule has 1 amide bonds. The summed E-state index contributed by atoms with van der Waals surface area (Å²) in [5, 5.41) is 2.93. The summed E-state index contributed by atoms with van der Waals surface area (Å²) in [5.74, 6) is 1.36. The van der Waals surface area contributed by atoms with E-state index in [1.807, 2.05) is 31.2 Å². The number of nitrogens with one attached hydrogen (secondary N) is 1. The maximum atomic E-state index is 11.8. The quantitative estimate of drug-likeness (QED) is 0.799. The van der Waals surface area contributed by atoms with E-state index in [9.17, 15) is 4.79 Å². The first-order chi connectivity index (χ1) is 7.70. The molecule has 1 fully saturated rings. The third-order valence-corrected chi connectivity index (χ3v) is 3.43. The second-order valence-electron chi connectivity index (χ2n) is 4.45. The monoisotopic (exact) mass is 237 g/mol. The van der Waals surface area contributed by atoms with Crippen molar-refractivity contribution >= 4 is 23.2 Å². The Balaban J connectivity index is 1.94. The van der Waals surface area contributed by atoms with Crippen LogP contribution >= 0.6 is 11.6 Å². The van der Waals surface area contributed by atoms with Crippen LogP contribution in [-0.2, 0) is 10.7 Å². The van der Waals surface area contributed by atoms with Gasteiger partial charge in [-0.25, -0.2) is 0 Å². The first-order valence-corrected chi connectivity index (χ1v) is 6.20. The summed E-state index contributed by atoms with van der Waals surface area (Å²) in [7, 11) is 0. The Labute approximate surface area is 101 Å². The number of halogens is 1. The molecule has 16 heavy (non-hydrogen) atoms. The van der Waals surface area contributed by atoms with Crippen LogP contribution in [0.1, 0.15) is 25.3 Å². The van der Waals surface area contributed by atoms with E-state index in [1.165, 1.54) is 12.8 Å². The molecule has 1 N–H and O–H groups in total. The topological polar surface area (TPSA) is 29.1 Å². The zero-order valence-corrected chi connectivity index (χ0v) is 10.1. The zero-order chi connectivity index (χ0) is 11.5. The smallest absolute Gasteiger partial charge is 0.227 e. The van der Waals surface area contributed by atoms with E-state index in [0.29, 0.717) is 11.8 Å². The van der Waals surface area contributed by atoms with Crippen molar-refractivity contribution in [2.24, 2.45) is 11.8 Å². The van der Waals surface area contributed by atoms with Gasteiger partial charge in [0.25, 0.3) is 0 Å². The van der Waals surface area contributed by atoms with Crippen LogP contribution in [0.3, 0.4) is 0 Å². The molecule has 1 atom stereocenters. The van der Waals surface area contributed by atoms with Crippen molar-refractivity contribution in [2.75, 3.05) is 5.32 Å². The highest BCUT2D eigenvalue weighted by Crippen LogP contribution is 2.37. The van der Waals surface area contributed by atoms with Crippen LogP contribution in [0.15, 0.2) is 24.3 Å². The Hall–Kier alpha value is -1.02. The standard InChI is InChI=1S/C13H16ClNO/c1-9(11-4-5-11)13(16)15-12-6-2-10(8-14)3-7-12/h2-3,6-7,9,11H,4-5,8H2,1H3,(H,15,16). The number of anilines is 1.